The van der Waals surface area contributed by atoms with E-state index in [9.17, 15) is 0 Å². The molecule has 1 N–H and O–H groups in total. The van der Waals surface area contributed by atoms with Gasteiger partial charge in [0.05, 0.1) is 5.56 Å². The number of hydrogen-bond acceptors (Lipinski definition) is 2. The highest BCUT2D eigenvalue weighted by atomic mass is 79.9. The van der Waals surface area contributed by atoms with Crippen molar-refractivity contribution >= 4 is 21.6 Å². The van der Waals surface area contributed by atoms with Crippen LogP contribution in [0.5, 0.6) is 0 Å². The maximum atomic E-state index is 8.76. The minimum Gasteiger partial charge on any atom is -0.385 e. The predicted molar refractivity (Wildman–Crippen MR) is 70.0 cm³/mol. The fourth-order valence-electron chi connectivity index (χ4n) is 1.30. The molecular weight excluding hydrogens is 264 g/mol. The molecule has 0 unspecified atom stereocenters. The molecule has 0 fully saturated rings. The summed E-state index contributed by atoms with van der Waals surface area (Å²) >= 11 is 3.35. The van der Waals surface area contributed by atoms with Crippen molar-refractivity contribution < 1.29 is 0 Å². The fourth-order valence-corrected chi connectivity index (χ4v) is 1.77. The Balaban J connectivity index is 2.41. The number of nitriles is 1. The van der Waals surface area contributed by atoms with Crippen molar-refractivity contribution in [3.63, 3.8) is 0 Å². The second kappa shape index (κ2) is 6.93. The van der Waals surface area contributed by atoms with Gasteiger partial charge in [-0.15, -0.1) is 12.3 Å². The Labute approximate surface area is 105 Å². The molecule has 0 bridgehead atoms. The molecule has 0 saturated heterocycles. The van der Waals surface area contributed by atoms with E-state index in [1.54, 1.807) is 6.07 Å². The molecule has 0 amide bonds. The summed E-state index contributed by atoms with van der Waals surface area (Å²) in [5.41, 5.74) is 1.67. The quantitative estimate of drug-likeness (QED) is 0.660. The number of unbranched alkanes of at least 4 members (excludes halogenated alkanes) is 2. The Hall–Kier alpha value is -1.45. The number of nitrogens with zero attached hydrogens (tertiary/aromatic N) is 1. The zero-order chi connectivity index (χ0) is 11.8. The summed E-state index contributed by atoms with van der Waals surface area (Å²) in [5.74, 6) is 2.62. The first-order valence-corrected chi connectivity index (χ1v) is 5.94. The third kappa shape index (κ3) is 3.96. The van der Waals surface area contributed by atoms with Crippen molar-refractivity contribution in [1.29, 1.82) is 5.26 Å². The molecule has 0 aromatic heterocycles. The Morgan fingerprint density at radius 2 is 2.19 bits per heavy atom. The minimum absolute atomic E-state index is 0.651. The lowest BCUT2D eigenvalue weighted by molar-refractivity contribution is 0.789. The number of anilines is 1. The van der Waals surface area contributed by atoms with E-state index in [0.29, 0.717) is 5.56 Å². The third-order valence-corrected chi connectivity index (χ3v) is 2.82. The average molecular weight is 277 g/mol. The highest BCUT2D eigenvalue weighted by Gasteiger charge is 1.99. The van der Waals surface area contributed by atoms with Crippen LogP contribution < -0.4 is 5.32 Å². The lowest BCUT2D eigenvalue weighted by Crippen LogP contribution is -2.01. The first-order chi connectivity index (χ1) is 7.77. The van der Waals surface area contributed by atoms with Crippen LogP contribution in [0.3, 0.4) is 0 Å². The van der Waals surface area contributed by atoms with Crippen molar-refractivity contribution in [2.45, 2.75) is 19.3 Å². The molecule has 1 rings (SSSR count). The lowest BCUT2D eigenvalue weighted by Gasteiger charge is -2.06. The number of nitrogens with one attached hydrogen (secondary N) is 1. The summed E-state index contributed by atoms with van der Waals surface area (Å²) in [6.07, 6.45) is 8.10. The van der Waals surface area contributed by atoms with E-state index in [4.69, 9.17) is 11.7 Å². The molecule has 0 aliphatic rings. The number of hydrogen-bond donors (Lipinski definition) is 1. The topological polar surface area (TPSA) is 35.8 Å². The van der Waals surface area contributed by atoms with Crippen LogP contribution in [0, 0.1) is 23.7 Å². The molecule has 2 nitrogen and oxygen atoms in total. The van der Waals surface area contributed by atoms with Crippen LogP contribution in [0.4, 0.5) is 5.69 Å². The lowest BCUT2D eigenvalue weighted by atomic mass is 10.2. The van der Waals surface area contributed by atoms with Gasteiger partial charge in [0.15, 0.2) is 0 Å². The standard InChI is InChI=1S/C13H13BrN2/c1-2-3-4-5-8-16-12-7-6-11(10-15)13(14)9-12/h1,6-7,9,16H,3-5,8H2. The van der Waals surface area contributed by atoms with Crippen LogP contribution in [-0.4, -0.2) is 6.54 Å². The highest BCUT2D eigenvalue weighted by molar-refractivity contribution is 9.10. The summed E-state index contributed by atoms with van der Waals surface area (Å²) in [6, 6.07) is 7.73. The Morgan fingerprint density at radius 3 is 2.81 bits per heavy atom. The van der Waals surface area contributed by atoms with Crippen molar-refractivity contribution in [3.05, 3.63) is 28.2 Å². The molecule has 0 heterocycles. The number of halogens is 1. The number of terminal acetylenes is 1. The first kappa shape index (κ1) is 12.6. The van der Waals surface area contributed by atoms with Crippen molar-refractivity contribution in [3.8, 4) is 18.4 Å². The normalized spacial score (nSPS) is 9.19. The van der Waals surface area contributed by atoms with Crippen LogP contribution in [0.15, 0.2) is 22.7 Å². The minimum atomic E-state index is 0.651. The summed E-state index contributed by atoms with van der Waals surface area (Å²) in [7, 11) is 0. The molecule has 0 spiro atoms. The van der Waals surface area contributed by atoms with Gasteiger partial charge in [-0.25, -0.2) is 0 Å². The molecule has 0 radical (unpaired) electrons. The molecule has 0 saturated carbocycles. The summed E-state index contributed by atoms with van der Waals surface area (Å²) in [6.45, 7) is 0.903. The number of benzene rings is 1. The molecule has 1 aromatic rings. The molecular formula is C13H13BrN2. The van der Waals surface area contributed by atoms with Gasteiger partial charge in [0.2, 0.25) is 0 Å². The van der Waals surface area contributed by atoms with Crippen molar-refractivity contribution in [1.82, 2.24) is 0 Å². The van der Waals surface area contributed by atoms with Crippen LogP contribution in [0.25, 0.3) is 0 Å². The molecule has 1 aromatic carbocycles. The maximum absolute atomic E-state index is 8.76. The predicted octanol–water partition coefficient (Wildman–Crippen LogP) is 3.54. The average Bonchev–Trinajstić information content (AvgIpc) is 2.29. The van der Waals surface area contributed by atoms with Gasteiger partial charge in [0.25, 0.3) is 0 Å². The van der Waals surface area contributed by atoms with Crippen LogP contribution >= 0.6 is 15.9 Å². The Morgan fingerprint density at radius 1 is 1.38 bits per heavy atom. The summed E-state index contributed by atoms with van der Waals surface area (Å²) in [5, 5.41) is 12.1. The van der Waals surface area contributed by atoms with E-state index in [2.05, 4.69) is 33.2 Å². The fraction of sp³-hybridized carbons (Fsp3) is 0.308. The molecule has 0 aliphatic carbocycles. The molecule has 82 valence electrons. The van der Waals surface area contributed by atoms with Gasteiger partial charge in [-0.3, -0.25) is 0 Å². The Bertz CT molecular complexity index is 427. The van der Waals surface area contributed by atoms with Crippen LogP contribution in [0.2, 0.25) is 0 Å². The highest BCUT2D eigenvalue weighted by Crippen LogP contribution is 2.20. The SMILES string of the molecule is C#CCCCCNc1ccc(C#N)c(Br)c1. The monoisotopic (exact) mass is 276 g/mol. The van der Waals surface area contributed by atoms with Gasteiger partial charge in [-0.05, 0) is 47.0 Å². The van der Waals surface area contributed by atoms with Crippen LogP contribution in [0.1, 0.15) is 24.8 Å². The zero-order valence-corrected chi connectivity index (χ0v) is 10.5. The van der Waals surface area contributed by atoms with E-state index >= 15 is 0 Å². The second-order valence-electron chi connectivity index (χ2n) is 3.39. The van der Waals surface area contributed by atoms with Crippen molar-refractivity contribution in [2.24, 2.45) is 0 Å². The molecule has 0 aliphatic heterocycles. The third-order valence-electron chi connectivity index (χ3n) is 2.17. The molecule has 3 heteroatoms. The molecule has 0 atom stereocenters. The van der Waals surface area contributed by atoms with Crippen molar-refractivity contribution in [2.75, 3.05) is 11.9 Å². The van der Waals surface area contributed by atoms with E-state index in [0.717, 1.165) is 36.0 Å². The van der Waals surface area contributed by atoms with Gasteiger partial charge in [0, 0.05) is 23.1 Å². The van der Waals surface area contributed by atoms with Gasteiger partial charge in [0.1, 0.15) is 6.07 Å². The van der Waals surface area contributed by atoms with Crippen LogP contribution in [-0.2, 0) is 0 Å². The van der Waals surface area contributed by atoms with Gasteiger partial charge in [-0.1, -0.05) is 0 Å². The van der Waals surface area contributed by atoms with Gasteiger partial charge < -0.3 is 5.32 Å². The Kier molecular flexibility index (Phi) is 5.46. The molecule has 16 heavy (non-hydrogen) atoms. The second-order valence-corrected chi connectivity index (χ2v) is 4.25. The first-order valence-electron chi connectivity index (χ1n) is 5.15. The zero-order valence-electron chi connectivity index (χ0n) is 8.96. The number of rotatable bonds is 5. The van der Waals surface area contributed by atoms with E-state index in [-0.39, 0.29) is 0 Å². The van der Waals surface area contributed by atoms with Gasteiger partial charge >= 0.3 is 0 Å². The smallest absolute Gasteiger partial charge is 0.100 e. The van der Waals surface area contributed by atoms with E-state index in [1.807, 2.05) is 12.1 Å². The largest absolute Gasteiger partial charge is 0.385 e. The summed E-state index contributed by atoms with van der Waals surface area (Å²) < 4.78 is 0.823. The van der Waals surface area contributed by atoms with E-state index in [1.165, 1.54) is 0 Å². The van der Waals surface area contributed by atoms with E-state index < -0.39 is 0 Å². The maximum Gasteiger partial charge on any atom is 0.100 e. The van der Waals surface area contributed by atoms with Gasteiger partial charge in [-0.2, -0.15) is 5.26 Å². The summed E-state index contributed by atoms with van der Waals surface area (Å²) in [4.78, 5) is 0.